The minimum atomic E-state index is 0. The van der Waals surface area contributed by atoms with Gasteiger partial charge >= 0.3 is 0 Å². The largest absolute Gasteiger partial charge is 0.370 e. The van der Waals surface area contributed by atoms with Gasteiger partial charge in [-0.15, -0.1) is 34.2 Å². The van der Waals surface area contributed by atoms with E-state index in [0.717, 1.165) is 30.6 Å². The van der Waals surface area contributed by atoms with Crippen molar-refractivity contribution in [2.24, 2.45) is 4.99 Å². The number of hydrogen-bond donors (Lipinski definition) is 1. The monoisotopic (exact) mass is 532 g/mol. The van der Waals surface area contributed by atoms with Crippen molar-refractivity contribution in [3.05, 3.63) is 77.4 Å². The molecule has 164 valence electrons. The molecule has 0 amide bonds. The first kappa shape index (κ1) is 23.2. The lowest BCUT2D eigenvalue weighted by Crippen LogP contribution is -2.48. The highest BCUT2D eigenvalue weighted by Gasteiger charge is 2.25. The minimum absolute atomic E-state index is 0. The number of halogens is 1. The summed E-state index contributed by atoms with van der Waals surface area (Å²) in [5.74, 6) is 1.68. The van der Waals surface area contributed by atoms with E-state index in [1.807, 2.05) is 41.9 Å². The van der Waals surface area contributed by atoms with Gasteiger partial charge in [0.25, 0.3) is 0 Å². The van der Waals surface area contributed by atoms with Crippen molar-refractivity contribution in [3.8, 4) is 5.69 Å². The standard InChI is InChI=1S/C23H28N6O.HI/c1-17-9-10-20(18(2)13-17)21-15-28(11-12-30-21)23(24-3)25-14-22-27-26-16-29(22)19-7-5-4-6-8-19;/h4-10,13,16,21H,11-12,14-15H2,1-3H3,(H,24,25);1H. The van der Waals surface area contributed by atoms with Crippen molar-refractivity contribution < 1.29 is 4.74 Å². The second kappa shape index (κ2) is 10.7. The number of benzene rings is 2. The predicted molar refractivity (Wildman–Crippen MR) is 133 cm³/mol. The third kappa shape index (κ3) is 5.43. The van der Waals surface area contributed by atoms with Crippen molar-refractivity contribution in [2.75, 3.05) is 26.7 Å². The first-order valence-corrected chi connectivity index (χ1v) is 10.2. The van der Waals surface area contributed by atoms with E-state index in [2.05, 4.69) is 57.5 Å². The van der Waals surface area contributed by atoms with Crippen LogP contribution in [-0.2, 0) is 11.3 Å². The Labute approximate surface area is 200 Å². The Morgan fingerprint density at radius 3 is 2.74 bits per heavy atom. The van der Waals surface area contributed by atoms with Crippen LogP contribution in [0.1, 0.15) is 28.6 Å². The van der Waals surface area contributed by atoms with Crippen LogP contribution in [0.2, 0.25) is 0 Å². The van der Waals surface area contributed by atoms with Crippen LogP contribution in [0, 0.1) is 13.8 Å². The summed E-state index contributed by atoms with van der Waals surface area (Å²) in [6.45, 7) is 7.02. The number of para-hydroxylation sites is 1. The fourth-order valence-electron chi connectivity index (χ4n) is 3.89. The summed E-state index contributed by atoms with van der Waals surface area (Å²) >= 11 is 0. The summed E-state index contributed by atoms with van der Waals surface area (Å²) in [7, 11) is 1.81. The van der Waals surface area contributed by atoms with Crippen molar-refractivity contribution in [1.29, 1.82) is 0 Å². The smallest absolute Gasteiger partial charge is 0.194 e. The van der Waals surface area contributed by atoms with E-state index in [4.69, 9.17) is 4.74 Å². The van der Waals surface area contributed by atoms with Crippen LogP contribution in [0.15, 0.2) is 59.9 Å². The molecule has 1 unspecified atom stereocenters. The molecule has 0 saturated carbocycles. The number of guanidine groups is 1. The molecule has 3 aromatic rings. The summed E-state index contributed by atoms with van der Waals surface area (Å²) in [5, 5.41) is 11.8. The molecule has 0 aliphatic carbocycles. The van der Waals surface area contributed by atoms with E-state index in [-0.39, 0.29) is 30.1 Å². The molecule has 0 bridgehead atoms. The first-order chi connectivity index (χ1) is 14.7. The highest BCUT2D eigenvalue weighted by atomic mass is 127. The molecule has 1 aromatic heterocycles. The van der Waals surface area contributed by atoms with Gasteiger partial charge in [0, 0.05) is 19.3 Å². The van der Waals surface area contributed by atoms with E-state index in [1.165, 1.54) is 16.7 Å². The maximum absolute atomic E-state index is 6.09. The zero-order valence-corrected chi connectivity index (χ0v) is 20.5. The number of rotatable bonds is 4. The van der Waals surface area contributed by atoms with Crippen molar-refractivity contribution >= 4 is 29.9 Å². The van der Waals surface area contributed by atoms with Gasteiger partial charge in [-0.3, -0.25) is 9.56 Å². The van der Waals surface area contributed by atoms with Crippen LogP contribution in [0.3, 0.4) is 0 Å². The Kier molecular flexibility index (Phi) is 8.03. The molecule has 31 heavy (non-hydrogen) atoms. The molecule has 8 heteroatoms. The quantitative estimate of drug-likeness (QED) is 0.316. The molecule has 1 N–H and O–H groups in total. The van der Waals surface area contributed by atoms with Crippen LogP contribution in [-0.4, -0.2) is 52.4 Å². The van der Waals surface area contributed by atoms with Crippen molar-refractivity contribution in [3.63, 3.8) is 0 Å². The second-order valence-electron chi connectivity index (χ2n) is 7.52. The van der Waals surface area contributed by atoms with Crippen LogP contribution in [0.5, 0.6) is 0 Å². The van der Waals surface area contributed by atoms with Crippen LogP contribution in [0.4, 0.5) is 0 Å². The highest BCUT2D eigenvalue weighted by Crippen LogP contribution is 2.26. The van der Waals surface area contributed by atoms with E-state index >= 15 is 0 Å². The van der Waals surface area contributed by atoms with E-state index < -0.39 is 0 Å². The van der Waals surface area contributed by atoms with Crippen molar-refractivity contribution in [1.82, 2.24) is 25.0 Å². The molecule has 1 atom stereocenters. The van der Waals surface area contributed by atoms with Gasteiger partial charge in [-0.2, -0.15) is 0 Å². The van der Waals surface area contributed by atoms with Gasteiger partial charge in [0.1, 0.15) is 12.4 Å². The molecule has 1 fully saturated rings. The first-order valence-electron chi connectivity index (χ1n) is 10.2. The number of aromatic nitrogens is 3. The van der Waals surface area contributed by atoms with Gasteiger partial charge in [-0.25, -0.2) is 0 Å². The summed E-state index contributed by atoms with van der Waals surface area (Å²) in [5.41, 5.74) is 4.81. The summed E-state index contributed by atoms with van der Waals surface area (Å²) in [6.07, 6.45) is 1.77. The Morgan fingerprint density at radius 1 is 1.19 bits per heavy atom. The van der Waals surface area contributed by atoms with Gasteiger partial charge in [-0.1, -0.05) is 42.0 Å². The normalized spacial score (nSPS) is 16.7. The molecular formula is C23H29IN6O. The number of aryl methyl sites for hydroxylation is 2. The average Bonchev–Trinajstić information content (AvgIpc) is 3.24. The summed E-state index contributed by atoms with van der Waals surface area (Å²) < 4.78 is 8.07. The lowest BCUT2D eigenvalue weighted by Gasteiger charge is -2.35. The summed E-state index contributed by atoms with van der Waals surface area (Å²) in [4.78, 5) is 6.74. The van der Waals surface area contributed by atoms with Crippen LogP contribution < -0.4 is 5.32 Å². The van der Waals surface area contributed by atoms with Gasteiger partial charge in [0.05, 0.1) is 19.7 Å². The SMILES string of the molecule is CN=C(NCc1nncn1-c1ccccc1)N1CCOC(c2ccc(C)cc2C)C1.I. The van der Waals surface area contributed by atoms with Gasteiger partial charge in [-0.05, 0) is 37.1 Å². The maximum Gasteiger partial charge on any atom is 0.194 e. The topological polar surface area (TPSA) is 67.6 Å². The zero-order chi connectivity index (χ0) is 20.9. The fraction of sp³-hybridized carbons (Fsp3) is 0.348. The number of aliphatic imine (C=N–C) groups is 1. The number of nitrogens with zero attached hydrogens (tertiary/aromatic N) is 5. The Morgan fingerprint density at radius 2 is 2.00 bits per heavy atom. The third-order valence-electron chi connectivity index (χ3n) is 5.41. The predicted octanol–water partition coefficient (Wildman–Crippen LogP) is 3.65. The number of ether oxygens (including phenoxy) is 1. The lowest BCUT2D eigenvalue weighted by atomic mass is 10.00. The second-order valence-corrected chi connectivity index (χ2v) is 7.52. The highest BCUT2D eigenvalue weighted by molar-refractivity contribution is 14.0. The molecule has 1 aliphatic heterocycles. The van der Waals surface area contributed by atoms with Gasteiger partial charge in [0.2, 0.25) is 0 Å². The minimum Gasteiger partial charge on any atom is -0.370 e. The number of nitrogens with one attached hydrogen (secondary N) is 1. The zero-order valence-electron chi connectivity index (χ0n) is 18.2. The molecule has 2 aromatic carbocycles. The molecular weight excluding hydrogens is 503 g/mol. The van der Waals surface area contributed by atoms with Crippen LogP contribution >= 0.6 is 24.0 Å². The third-order valence-corrected chi connectivity index (χ3v) is 5.41. The number of morpholine rings is 1. The molecule has 0 radical (unpaired) electrons. The van der Waals surface area contributed by atoms with Crippen LogP contribution in [0.25, 0.3) is 5.69 Å². The van der Waals surface area contributed by atoms with Gasteiger partial charge in [0.15, 0.2) is 11.8 Å². The van der Waals surface area contributed by atoms with E-state index in [1.54, 1.807) is 6.33 Å². The average molecular weight is 532 g/mol. The molecule has 1 aliphatic rings. The molecule has 1 saturated heterocycles. The summed E-state index contributed by atoms with van der Waals surface area (Å²) in [6, 6.07) is 16.6. The molecule has 4 rings (SSSR count). The van der Waals surface area contributed by atoms with E-state index in [0.29, 0.717) is 13.2 Å². The Balaban J connectivity index is 0.00000272. The fourth-order valence-corrected chi connectivity index (χ4v) is 3.89. The lowest BCUT2D eigenvalue weighted by molar-refractivity contribution is -0.00835. The van der Waals surface area contributed by atoms with Gasteiger partial charge < -0.3 is 15.0 Å². The van der Waals surface area contributed by atoms with Crippen molar-refractivity contribution in [2.45, 2.75) is 26.5 Å². The van der Waals surface area contributed by atoms with E-state index in [9.17, 15) is 0 Å². The molecule has 2 heterocycles. The Hall–Kier alpha value is -2.46. The Bertz CT molecular complexity index is 1020. The maximum atomic E-state index is 6.09. The number of hydrogen-bond acceptors (Lipinski definition) is 4. The molecule has 0 spiro atoms. The molecule has 7 nitrogen and oxygen atoms in total.